The van der Waals surface area contributed by atoms with Gasteiger partial charge in [-0.3, -0.25) is 14.4 Å². The van der Waals surface area contributed by atoms with E-state index < -0.39 is 89.9 Å². The summed E-state index contributed by atoms with van der Waals surface area (Å²) in [7, 11) is 0. The Kier molecular flexibility index (Phi) is 16.9. The van der Waals surface area contributed by atoms with Crippen LogP contribution in [0.1, 0.15) is 0 Å². The maximum Gasteiger partial charge on any atom is 3.00 e. The van der Waals surface area contributed by atoms with E-state index in [1.54, 1.807) is 0 Å². The second-order valence-corrected chi connectivity index (χ2v) is 5.61. The summed E-state index contributed by atoms with van der Waals surface area (Å²) in [5, 5.41) is 29.5. The molecule has 0 aliphatic rings. The van der Waals surface area contributed by atoms with Crippen LogP contribution in [0, 0.1) is 0 Å². The van der Waals surface area contributed by atoms with Gasteiger partial charge in [0.2, 0.25) is 0 Å². The summed E-state index contributed by atoms with van der Waals surface area (Å²) < 4.78 is 203. The smallest absolute Gasteiger partial charge is 0.869 e. The number of carbonyl (C=O) groups excluding carboxylic acids is 3. The maximum atomic E-state index is 11.3. The first kappa shape index (κ1) is 44.3. The minimum atomic E-state index is -5.46. The van der Waals surface area contributed by atoms with Crippen LogP contribution in [0.25, 0.3) is 0 Å². The van der Waals surface area contributed by atoms with Gasteiger partial charge in [0, 0.05) is 0 Å². The van der Waals surface area contributed by atoms with Gasteiger partial charge in [0.25, 0.3) is 17.3 Å². The fourth-order valence-corrected chi connectivity index (χ4v) is 0.848. The van der Waals surface area contributed by atoms with E-state index in [2.05, 4.69) is 0 Å². The summed E-state index contributed by atoms with van der Waals surface area (Å²) in [5.41, 5.74) is 0. The van der Waals surface area contributed by atoms with Crippen molar-refractivity contribution in [3.63, 3.8) is 0 Å². The molecule has 0 saturated carbocycles. The molecule has 0 radical (unpaired) electrons. The zero-order chi connectivity index (χ0) is 32.6. The van der Waals surface area contributed by atoms with E-state index in [4.69, 9.17) is 0 Å². The number of alkyl halides is 18. The summed E-state index contributed by atoms with van der Waals surface area (Å²) in [5.74, 6) is -16.9. The molecular weight excluding hydrogens is 733 g/mol. The molecule has 25 heteroatoms. The minimum Gasteiger partial charge on any atom is -0.869 e. The maximum absolute atomic E-state index is 11.3. The molecule has 228 valence electrons. The average molecular weight is 736 g/mol. The van der Waals surface area contributed by atoms with Crippen molar-refractivity contribution in [2.24, 2.45) is 0 Å². The van der Waals surface area contributed by atoms with E-state index >= 15 is 0 Å². The molecule has 0 rings (SSSR count). The van der Waals surface area contributed by atoms with Crippen LogP contribution in [0.4, 0.5) is 79.0 Å². The van der Waals surface area contributed by atoms with Crippen molar-refractivity contribution in [2.75, 3.05) is 0 Å². The van der Waals surface area contributed by atoms with Crippen molar-refractivity contribution in [3.05, 3.63) is 35.5 Å². The second-order valence-electron chi connectivity index (χ2n) is 5.61. The Morgan fingerprint density at radius 3 is 0.550 bits per heavy atom. The molecule has 0 aromatic carbocycles. The van der Waals surface area contributed by atoms with Crippen molar-refractivity contribution < 1.29 is 109 Å². The van der Waals surface area contributed by atoms with E-state index in [9.17, 15) is 109 Å². The van der Waals surface area contributed by atoms with Crippen molar-refractivity contribution >= 4 is 43.2 Å². The van der Waals surface area contributed by atoms with Crippen LogP contribution < -0.4 is 15.3 Å². The molecule has 0 bridgehead atoms. The molecule has 6 nitrogen and oxygen atoms in total. The fraction of sp³-hybridized carbons (Fsp3) is 0.400. The van der Waals surface area contributed by atoms with E-state index in [1.165, 1.54) is 0 Å². The van der Waals surface area contributed by atoms with Crippen LogP contribution in [0.15, 0.2) is 35.5 Å². The first-order valence-electron chi connectivity index (χ1n) is 7.86. The van der Waals surface area contributed by atoms with Gasteiger partial charge in [-0.1, -0.05) is 0 Å². The molecule has 0 unspecified atom stereocenters. The van der Waals surface area contributed by atoms with Crippen LogP contribution in [-0.4, -0.2) is 80.3 Å². The summed E-state index contributed by atoms with van der Waals surface area (Å²) in [4.78, 5) is 29.5. The number of hydrogen-bond donors (Lipinski definition) is 0. The van der Waals surface area contributed by atoms with E-state index in [-0.39, 0.29) is 25.8 Å². The Morgan fingerprint density at radius 2 is 0.475 bits per heavy atom. The van der Waals surface area contributed by atoms with Gasteiger partial charge in [-0.05, 0) is 35.5 Å². The molecule has 0 fully saturated rings. The van der Waals surface area contributed by atoms with Gasteiger partial charge < -0.3 is 15.3 Å². The van der Waals surface area contributed by atoms with E-state index in [0.717, 1.165) is 0 Å². The first-order chi connectivity index (χ1) is 16.6. The molecule has 40 heavy (non-hydrogen) atoms. The van der Waals surface area contributed by atoms with Crippen molar-refractivity contribution in [2.45, 2.75) is 37.1 Å². The van der Waals surface area contributed by atoms with Gasteiger partial charge in [-0.2, -0.15) is 79.0 Å². The van der Waals surface area contributed by atoms with Gasteiger partial charge in [-0.25, -0.2) is 0 Å². The third-order valence-electron chi connectivity index (χ3n) is 2.46. The van der Waals surface area contributed by atoms with E-state index in [0.29, 0.717) is 0 Å². The molecule has 0 atom stereocenters. The van der Waals surface area contributed by atoms with E-state index in [1.807, 2.05) is 0 Å². The molecule has 0 aromatic rings. The molecule has 0 N–H and O–H groups in total. The van der Waals surface area contributed by atoms with Gasteiger partial charge >= 0.3 is 62.9 Å². The Labute approximate surface area is 225 Å². The Balaban J connectivity index is -0.000000240. The molecule has 0 heterocycles. The molecular formula is C15H3F18InO6. The van der Waals surface area contributed by atoms with Gasteiger partial charge in [0.1, 0.15) is 0 Å². The van der Waals surface area contributed by atoms with Crippen LogP contribution in [0.5, 0.6) is 0 Å². The average Bonchev–Trinajstić information content (AvgIpc) is 2.64. The number of hydrogen-bond acceptors (Lipinski definition) is 6. The quantitative estimate of drug-likeness (QED) is 0.250. The molecule has 0 amide bonds. The SMILES string of the molecule is O=C(/C=C(/[O-])C(F)(F)F)C(F)(F)F.O=C(/C=C(/[O-])C(F)(F)F)C(F)(F)F.O=C(/C=C(/[O-])C(F)(F)F)C(F)(F)F.[In+3]. The standard InChI is InChI=1S/3C5H2F6O2.In/c3*6-4(7,8)2(12)1-3(13)5(9,10)11;/h3*1,12H;/q;;;+3/p-3/b3*2-1+;. The number of ketones is 3. The predicted octanol–water partition coefficient (Wildman–Crippen LogP) is 2.39. The normalized spacial score (nSPS) is 14.1. The van der Waals surface area contributed by atoms with Crippen molar-refractivity contribution in [1.29, 1.82) is 0 Å². The van der Waals surface area contributed by atoms with Crippen LogP contribution >= 0.6 is 0 Å². The predicted molar refractivity (Wildman–Crippen MR) is 81.4 cm³/mol. The van der Waals surface area contributed by atoms with Crippen LogP contribution in [0.2, 0.25) is 0 Å². The summed E-state index contributed by atoms with van der Waals surface area (Å²) >= 11 is 0. The van der Waals surface area contributed by atoms with Gasteiger partial charge in [-0.15, -0.1) is 0 Å². The largest absolute Gasteiger partial charge is 3.00 e. The zero-order valence-electron chi connectivity index (χ0n) is 17.6. The Hall–Kier alpha value is -2.76. The molecule has 0 aliphatic carbocycles. The van der Waals surface area contributed by atoms with Crippen LogP contribution in [-0.2, 0) is 14.4 Å². The van der Waals surface area contributed by atoms with Gasteiger partial charge in [0.05, 0.1) is 0 Å². The van der Waals surface area contributed by atoms with Crippen LogP contribution in [0.3, 0.4) is 0 Å². The van der Waals surface area contributed by atoms with Crippen molar-refractivity contribution in [3.8, 4) is 0 Å². The number of rotatable bonds is 3. The minimum absolute atomic E-state index is 0. The molecule has 0 saturated heterocycles. The summed E-state index contributed by atoms with van der Waals surface area (Å²) in [6.07, 6.45) is -35.8. The first-order valence-corrected chi connectivity index (χ1v) is 7.86. The zero-order valence-corrected chi connectivity index (χ0v) is 20.9. The molecule has 0 aliphatic heterocycles. The Bertz CT molecular complexity index is 834. The summed E-state index contributed by atoms with van der Waals surface area (Å²) in [6.45, 7) is 0. The van der Waals surface area contributed by atoms with Gasteiger partial charge in [0.15, 0.2) is 0 Å². The third kappa shape index (κ3) is 20.2. The number of halogens is 18. The monoisotopic (exact) mass is 736 g/mol. The molecule has 0 spiro atoms. The third-order valence-corrected chi connectivity index (χ3v) is 2.46. The topological polar surface area (TPSA) is 120 Å². The second kappa shape index (κ2) is 15.3. The molecule has 0 aromatic heterocycles. The summed E-state index contributed by atoms with van der Waals surface area (Å²) in [6, 6.07) is 0. The van der Waals surface area contributed by atoms with Crippen molar-refractivity contribution in [1.82, 2.24) is 0 Å². The number of allylic oxidation sites excluding steroid dienone is 6. The Morgan fingerprint density at radius 1 is 0.350 bits per heavy atom. The fourth-order valence-electron chi connectivity index (χ4n) is 0.848. The number of carbonyl (C=O) groups is 3.